The van der Waals surface area contributed by atoms with Crippen LogP contribution in [-0.4, -0.2) is 40.6 Å². The fourth-order valence-corrected chi connectivity index (χ4v) is 3.41. The minimum atomic E-state index is -0.336. The number of carbonyl (C=O) groups is 2. The largest absolute Gasteiger partial charge is 0.481 e. The highest BCUT2D eigenvalue weighted by Gasteiger charge is 2.16. The number of methoxy groups -OCH3 is 1. The molecule has 1 unspecified atom stereocenters. The maximum Gasteiger partial charge on any atom is 0.274 e. The van der Waals surface area contributed by atoms with Crippen molar-refractivity contribution in [1.29, 1.82) is 0 Å². The van der Waals surface area contributed by atoms with Crippen molar-refractivity contribution in [3.05, 3.63) is 83.7 Å². The molecule has 4 rings (SSSR count). The molecule has 0 aliphatic carbocycles. The topological polar surface area (TPSA) is 115 Å². The van der Waals surface area contributed by atoms with E-state index in [0.29, 0.717) is 46.6 Å². The maximum absolute atomic E-state index is 12.8. The van der Waals surface area contributed by atoms with Gasteiger partial charge in [-0.2, -0.15) is 0 Å². The normalized spacial score (nSPS) is 14.3. The predicted molar refractivity (Wildman–Crippen MR) is 132 cm³/mol. The van der Waals surface area contributed by atoms with Gasteiger partial charge in [0.15, 0.2) is 0 Å². The van der Waals surface area contributed by atoms with Crippen LogP contribution in [0.15, 0.2) is 72.0 Å². The molecule has 0 saturated carbocycles. The van der Waals surface area contributed by atoms with Crippen LogP contribution in [0.5, 0.6) is 17.4 Å². The Kier molecular flexibility index (Phi) is 7.15. The summed E-state index contributed by atoms with van der Waals surface area (Å²) in [6.45, 7) is 4.04. The molecule has 0 radical (unpaired) electrons. The van der Waals surface area contributed by atoms with E-state index >= 15 is 0 Å². The number of hydrogen-bond donors (Lipinski definition) is 2. The Hall–Kier alpha value is -4.53. The highest BCUT2D eigenvalue weighted by atomic mass is 16.5. The molecule has 35 heavy (non-hydrogen) atoms. The zero-order chi connectivity index (χ0) is 24.8. The Balaban J connectivity index is 1.42. The SMILES string of the molecule is COc1ccc(CNC(=O)c2cccc(Oc3ccnc(NC(=O)C4=NC(C)C=C4)c3)c2C)cn1. The fraction of sp³-hybridized carbons (Fsp3) is 0.192. The van der Waals surface area contributed by atoms with Gasteiger partial charge in [0.25, 0.3) is 11.8 Å². The van der Waals surface area contributed by atoms with Crippen LogP contribution in [0, 0.1) is 6.92 Å². The van der Waals surface area contributed by atoms with Gasteiger partial charge in [0.05, 0.1) is 13.2 Å². The number of rotatable bonds is 8. The summed E-state index contributed by atoms with van der Waals surface area (Å²) in [4.78, 5) is 37.7. The first-order valence-electron chi connectivity index (χ1n) is 11.0. The van der Waals surface area contributed by atoms with Gasteiger partial charge in [-0.15, -0.1) is 0 Å². The summed E-state index contributed by atoms with van der Waals surface area (Å²) in [6.07, 6.45) is 6.73. The molecule has 3 aromatic rings. The number of anilines is 1. The zero-order valence-electron chi connectivity index (χ0n) is 19.6. The molecule has 178 valence electrons. The van der Waals surface area contributed by atoms with E-state index in [0.717, 1.165) is 5.56 Å². The number of aromatic nitrogens is 2. The van der Waals surface area contributed by atoms with Crippen molar-refractivity contribution in [2.75, 3.05) is 12.4 Å². The number of nitrogens with zero attached hydrogens (tertiary/aromatic N) is 3. The molecule has 1 aliphatic rings. The van der Waals surface area contributed by atoms with Gasteiger partial charge >= 0.3 is 0 Å². The van der Waals surface area contributed by atoms with Crippen molar-refractivity contribution in [1.82, 2.24) is 15.3 Å². The van der Waals surface area contributed by atoms with Crippen molar-refractivity contribution in [2.45, 2.75) is 26.4 Å². The molecule has 0 bridgehead atoms. The summed E-state index contributed by atoms with van der Waals surface area (Å²) in [7, 11) is 1.55. The molecule has 0 saturated heterocycles. The number of nitrogens with one attached hydrogen (secondary N) is 2. The summed E-state index contributed by atoms with van der Waals surface area (Å²) in [6, 6.07) is 12.1. The third-order valence-corrected chi connectivity index (χ3v) is 5.30. The number of amides is 2. The predicted octanol–water partition coefficient (Wildman–Crippen LogP) is 3.85. The standard InChI is InChI=1S/C26H25N5O4/c1-16-7-9-21(30-16)26(33)31-23-13-19(11-12-27-23)35-22-6-4-5-20(17(22)2)25(32)29-15-18-8-10-24(34-3)28-14-18/h4-14,16H,15H2,1-3H3,(H,29,32)(H,27,31,33). The Morgan fingerprint density at radius 1 is 1.09 bits per heavy atom. The van der Waals surface area contributed by atoms with Crippen LogP contribution in [0.3, 0.4) is 0 Å². The molecule has 9 heteroatoms. The lowest BCUT2D eigenvalue weighted by atomic mass is 10.1. The maximum atomic E-state index is 12.8. The molecule has 0 spiro atoms. The number of carbonyl (C=O) groups excluding carboxylic acids is 2. The van der Waals surface area contributed by atoms with Gasteiger partial charge in [-0.3, -0.25) is 14.6 Å². The summed E-state index contributed by atoms with van der Waals surface area (Å²) in [5, 5.41) is 5.62. The lowest BCUT2D eigenvalue weighted by molar-refractivity contribution is -0.110. The molecule has 2 amide bonds. The van der Waals surface area contributed by atoms with Crippen molar-refractivity contribution in [2.24, 2.45) is 4.99 Å². The zero-order valence-corrected chi connectivity index (χ0v) is 19.6. The molecule has 1 aromatic carbocycles. The number of ether oxygens (including phenoxy) is 2. The minimum absolute atomic E-state index is 0.0151. The summed E-state index contributed by atoms with van der Waals surface area (Å²) < 4.78 is 11.1. The van der Waals surface area contributed by atoms with Crippen molar-refractivity contribution in [3.63, 3.8) is 0 Å². The Bertz CT molecular complexity index is 1300. The first kappa shape index (κ1) is 23.6. The molecule has 2 N–H and O–H groups in total. The van der Waals surface area contributed by atoms with E-state index in [1.54, 1.807) is 55.8 Å². The quantitative estimate of drug-likeness (QED) is 0.516. The van der Waals surface area contributed by atoms with Crippen LogP contribution >= 0.6 is 0 Å². The second-order valence-electron chi connectivity index (χ2n) is 7.87. The average molecular weight is 472 g/mol. The van der Waals surface area contributed by atoms with E-state index < -0.39 is 0 Å². The smallest absolute Gasteiger partial charge is 0.274 e. The van der Waals surface area contributed by atoms with E-state index in [-0.39, 0.29) is 17.9 Å². The lowest BCUT2D eigenvalue weighted by Gasteiger charge is -2.13. The lowest BCUT2D eigenvalue weighted by Crippen LogP contribution is -2.23. The van der Waals surface area contributed by atoms with Crippen molar-refractivity contribution in [3.8, 4) is 17.4 Å². The van der Waals surface area contributed by atoms with E-state index in [1.807, 2.05) is 26.0 Å². The van der Waals surface area contributed by atoms with Crippen molar-refractivity contribution < 1.29 is 19.1 Å². The number of aliphatic imine (C=N–C) groups is 1. The Labute approximate surface area is 202 Å². The van der Waals surface area contributed by atoms with Crippen LogP contribution in [-0.2, 0) is 11.3 Å². The van der Waals surface area contributed by atoms with Gasteiger partial charge in [0.2, 0.25) is 5.88 Å². The molecule has 3 heterocycles. The number of pyridine rings is 2. The van der Waals surface area contributed by atoms with Gasteiger partial charge in [0.1, 0.15) is 23.0 Å². The second kappa shape index (κ2) is 10.6. The highest BCUT2D eigenvalue weighted by Crippen LogP contribution is 2.28. The van der Waals surface area contributed by atoms with Gasteiger partial charge < -0.3 is 20.1 Å². The molecular weight excluding hydrogens is 446 g/mol. The first-order valence-corrected chi connectivity index (χ1v) is 11.0. The highest BCUT2D eigenvalue weighted by molar-refractivity contribution is 6.47. The summed E-state index contributed by atoms with van der Waals surface area (Å²) in [5.41, 5.74) is 2.38. The number of hydrogen-bond acceptors (Lipinski definition) is 7. The fourth-order valence-electron chi connectivity index (χ4n) is 3.41. The third kappa shape index (κ3) is 5.89. The third-order valence-electron chi connectivity index (χ3n) is 5.30. The van der Waals surface area contributed by atoms with Crippen LogP contribution in [0.4, 0.5) is 5.82 Å². The molecule has 1 atom stereocenters. The average Bonchev–Trinajstić information content (AvgIpc) is 3.31. The molecule has 9 nitrogen and oxygen atoms in total. The van der Waals surface area contributed by atoms with Crippen LogP contribution in [0.25, 0.3) is 0 Å². The van der Waals surface area contributed by atoms with Gasteiger partial charge in [-0.1, -0.05) is 18.2 Å². The van der Waals surface area contributed by atoms with Gasteiger partial charge in [0, 0.05) is 42.2 Å². The summed E-state index contributed by atoms with van der Waals surface area (Å²) >= 11 is 0. The van der Waals surface area contributed by atoms with Crippen LogP contribution < -0.4 is 20.1 Å². The summed E-state index contributed by atoms with van der Waals surface area (Å²) in [5.74, 6) is 1.27. The molecule has 1 aliphatic heterocycles. The molecular formula is C26H25N5O4. The number of benzene rings is 1. The van der Waals surface area contributed by atoms with Gasteiger partial charge in [-0.25, -0.2) is 9.97 Å². The van der Waals surface area contributed by atoms with Crippen LogP contribution in [0.2, 0.25) is 0 Å². The first-order chi connectivity index (χ1) is 16.9. The molecule has 0 fully saturated rings. The Morgan fingerprint density at radius 2 is 1.94 bits per heavy atom. The monoisotopic (exact) mass is 471 g/mol. The van der Waals surface area contributed by atoms with E-state index in [4.69, 9.17) is 9.47 Å². The van der Waals surface area contributed by atoms with E-state index in [9.17, 15) is 9.59 Å². The van der Waals surface area contributed by atoms with E-state index in [2.05, 4.69) is 25.6 Å². The van der Waals surface area contributed by atoms with Gasteiger partial charge in [-0.05, 0) is 43.7 Å². The Morgan fingerprint density at radius 3 is 2.66 bits per heavy atom. The van der Waals surface area contributed by atoms with Crippen LogP contribution in [0.1, 0.15) is 28.4 Å². The second-order valence-corrected chi connectivity index (χ2v) is 7.87. The van der Waals surface area contributed by atoms with Crippen molar-refractivity contribution >= 4 is 23.3 Å². The minimum Gasteiger partial charge on any atom is -0.481 e. The van der Waals surface area contributed by atoms with E-state index in [1.165, 1.54) is 6.20 Å². The molecule has 2 aromatic heterocycles.